The average Bonchev–Trinajstić information content (AvgIpc) is 2.37. The van der Waals surface area contributed by atoms with Crippen molar-refractivity contribution in [3.8, 4) is 0 Å². The minimum Gasteiger partial charge on any atom is -0.111 e. The van der Waals surface area contributed by atoms with Gasteiger partial charge in [-0.2, -0.15) is 0 Å². The van der Waals surface area contributed by atoms with Crippen molar-refractivity contribution in [1.29, 1.82) is 0 Å². The Kier molecular flexibility index (Phi) is 3.20. The van der Waals surface area contributed by atoms with Crippen LogP contribution in [0.5, 0.6) is 0 Å². The first-order valence-corrected chi connectivity index (χ1v) is 7.77. The second kappa shape index (κ2) is 3.88. The third-order valence-corrected chi connectivity index (χ3v) is 6.95. The summed E-state index contributed by atoms with van der Waals surface area (Å²) < 4.78 is 1.58. The van der Waals surface area contributed by atoms with Gasteiger partial charge in [0.2, 0.25) is 0 Å². The number of alkyl halides is 1. The van der Waals surface area contributed by atoms with Crippen LogP contribution in [-0.2, 0) is 0 Å². The summed E-state index contributed by atoms with van der Waals surface area (Å²) in [6.07, 6.45) is 0. The fourth-order valence-corrected chi connectivity index (χ4v) is 6.22. The van der Waals surface area contributed by atoms with Gasteiger partial charge in [-0.1, -0.05) is 66.8 Å². The van der Waals surface area contributed by atoms with Crippen LogP contribution in [0.15, 0.2) is 6.07 Å². The lowest BCUT2D eigenvalue weighted by Gasteiger charge is -2.10. The molecule has 0 amide bonds. The van der Waals surface area contributed by atoms with Gasteiger partial charge in [0.1, 0.15) is 0 Å². The van der Waals surface area contributed by atoms with E-state index in [1.54, 1.807) is 0 Å². The lowest BCUT2D eigenvalue weighted by Crippen LogP contribution is -1.98. The summed E-state index contributed by atoms with van der Waals surface area (Å²) in [5.74, 6) is 0.600. The molecule has 1 aliphatic carbocycles. The van der Waals surface area contributed by atoms with Gasteiger partial charge in [-0.15, -0.1) is 11.3 Å². The standard InChI is InChI=1S/C12H15BrCl2S/c1-11(2)9(12(11,3)4)8(13)6-5-7(14)16-10(6)15/h5,8-9H,1-4H3. The third kappa shape index (κ3) is 1.77. The molecule has 1 atom stereocenters. The van der Waals surface area contributed by atoms with E-state index in [1.807, 2.05) is 6.07 Å². The second-order valence-corrected chi connectivity index (χ2v) is 8.87. The fourth-order valence-electron chi connectivity index (χ4n) is 2.70. The van der Waals surface area contributed by atoms with Gasteiger partial charge in [-0.25, -0.2) is 0 Å². The number of halogens is 3. The van der Waals surface area contributed by atoms with E-state index in [9.17, 15) is 0 Å². The molecule has 2 rings (SSSR count). The zero-order valence-corrected chi connectivity index (χ0v) is 13.7. The van der Waals surface area contributed by atoms with Crippen LogP contribution in [0.4, 0.5) is 0 Å². The van der Waals surface area contributed by atoms with Crippen LogP contribution >= 0.6 is 50.5 Å². The Bertz CT molecular complexity index is 409. The Hall–Kier alpha value is 0.760. The van der Waals surface area contributed by atoms with Gasteiger partial charge in [0, 0.05) is 4.83 Å². The van der Waals surface area contributed by atoms with E-state index in [0.717, 1.165) is 14.2 Å². The van der Waals surface area contributed by atoms with Crippen molar-refractivity contribution in [2.75, 3.05) is 0 Å². The van der Waals surface area contributed by atoms with Crippen LogP contribution in [0.3, 0.4) is 0 Å². The molecule has 0 aromatic carbocycles. The largest absolute Gasteiger partial charge is 0.111 e. The van der Waals surface area contributed by atoms with Gasteiger partial charge in [-0.05, 0) is 28.4 Å². The average molecular weight is 342 g/mol. The zero-order valence-electron chi connectivity index (χ0n) is 9.77. The summed E-state index contributed by atoms with van der Waals surface area (Å²) in [5, 5.41) is 0. The normalized spacial score (nSPS) is 24.4. The maximum Gasteiger partial charge on any atom is 0.0987 e. The van der Waals surface area contributed by atoms with Crippen molar-refractivity contribution < 1.29 is 0 Å². The molecule has 1 heterocycles. The highest BCUT2D eigenvalue weighted by molar-refractivity contribution is 9.09. The van der Waals surface area contributed by atoms with Crippen molar-refractivity contribution >= 4 is 50.5 Å². The van der Waals surface area contributed by atoms with E-state index in [4.69, 9.17) is 23.2 Å². The Morgan fingerprint density at radius 3 is 2.06 bits per heavy atom. The summed E-state index contributed by atoms with van der Waals surface area (Å²) in [5.41, 5.74) is 1.83. The van der Waals surface area contributed by atoms with Crippen LogP contribution < -0.4 is 0 Å². The van der Waals surface area contributed by atoms with Crippen LogP contribution in [0, 0.1) is 16.7 Å². The van der Waals surface area contributed by atoms with Gasteiger partial charge in [0.05, 0.1) is 8.67 Å². The molecule has 4 heteroatoms. The molecule has 0 spiro atoms. The number of hydrogen-bond donors (Lipinski definition) is 0. The van der Waals surface area contributed by atoms with Crippen LogP contribution in [0.1, 0.15) is 38.1 Å². The SMILES string of the molecule is CC1(C)C(C(Br)c2cc(Cl)sc2Cl)C1(C)C. The van der Waals surface area contributed by atoms with Crippen molar-refractivity contribution in [1.82, 2.24) is 0 Å². The Balaban J connectivity index is 2.29. The smallest absolute Gasteiger partial charge is 0.0987 e. The minimum atomic E-state index is 0.300. The highest BCUT2D eigenvalue weighted by Gasteiger charge is 2.67. The van der Waals surface area contributed by atoms with Crippen molar-refractivity contribution in [2.45, 2.75) is 32.5 Å². The second-order valence-electron chi connectivity index (χ2n) is 5.60. The van der Waals surface area contributed by atoms with Crippen LogP contribution in [0.2, 0.25) is 8.67 Å². The summed E-state index contributed by atoms with van der Waals surface area (Å²) >= 11 is 17.4. The van der Waals surface area contributed by atoms with Crippen molar-refractivity contribution in [3.05, 3.63) is 20.3 Å². The first-order chi connectivity index (χ1) is 7.19. The highest BCUT2D eigenvalue weighted by atomic mass is 79.9. The summed E-state index contributed by atoms with van der Waals surface area (Å²) in [6.45, 7) is 9.25. The van der Waals surface area contributed by atoms with Crippen molar-refractivity contribution in [2.24, 2.45) is 16.7 Å². The molecule has 0 aliphatic heterocycles. The van der Waals surface area contributed by atoms with Crippen LogP contribution in [0.25, 0.3) is 0 Å². The Morgan fingerprint density at radius 1 is 1.25 bits per heavy atom. The maximum absolute atomic E-state index is 6.20. The molecule has 0 nitrogen and oxygen atoms in total. The molecule has 16 heavy (non-hydrogen) atoms. The predicted molar refractivity (Wildman–Crippen MR) is 77.1 cm³/mol. The predicted octanol–water partition coefficient (Wildman–Crippen LogP) is 6.17. The van der Waals surface area contributed by atoms with Crippen LogP contribution in [-0.4, -0.2) is 0 Å². The molecule has 0 saturated heterocycles. The molecule has 1 aromatic rings. The molecule has 1 unspecified atom stereocenters. The van der Waals surface area contributed by atoms with E-state index in [2.05, 4.69) is 43.6 Å². The molecule has 1 aliphatic rings. The monoisotopic (exact) mass is 340 g/mol. The number of thiophene rings is 1. The van der Waals surface area contributed by atoms with Gasteiger partial charge in [0.15, 0.2) is 0 Å². The molecule has 0 N–H and O–H groups in total. The molecule has 1 aromatic heterocycles. The fraction of sp³-hybridized carbons (Fsp3) is 0.667. The summed E-state index contributed by atoms with van der Waals surface area (Å²) in [4.78, 5) is 0.300. The molecule has 0 bridgehead atoms. The van der Waals surface area contributed by atoms with E-state index in [0.29, 0.717) is 21.6 Å². The maximum atomic E-state index is 6.20. The first-order valence-electron chi connectivity index (χ1n) is 5.28. The Labute approximate surface area is 119 Å². The minimum absolute atomic E-state index is 0.300. The molecule has 1 saturated carbocycles. The zero-order chi connectivity index (χ0) is 12.3. The molecule has 1 fully saturated rings. The molecule has 0 radical (unpaired) electrons. The quantitative estimate of drug-likeness (QED) is 0.564. The summed E-state index contributed by atoms with van der Waals surface area (Å²) in [6, 6.07) is 1.98. The van der Waals surface area contributed by atoms with Gasteiger partial charge in [0.25, 0.3) is 0 Å². The molecule has 90 valence electrons. The van der Waals surface area contributed by atoms with E-state index >= 15 is 0 Å². The van der Waals surface area contributed by atoms with Crippen molar-refractivity contribution in [3.63, 3.8) is 0 Å². The van der Waals surface area contributed by atoms with E-state index < -0.39 is 0 Å². The molecular weight excluding hydrogens is 327 g/mol. The first kappa shape index (κ1) is 13.2. The Morgan fingerprint density at radius 2 is 1.75 bits per heavy atom. The third-order valence-electron chi connectivity index (χ3n) is 4.41. The van der Waals surface area contributed by atoms with Gasteiger partial charge in [-0.3, -0.25) is 0 Å². The van der Waals surface area contributed by atoms with E-state index in [1.165, 1.54) is 11.3 Å². The van der Waals surface area contributed by atoms with Gasteiger partial charge >= 0.3 is 0 Å². The summed E-state index contributed by atoms with van der Waals surface area (Å²) in [7, 11) is 0. The van der Waals surface area contributed by atoms with Gasteiger partial charge < -0.3 is 0 Å². The van der Waals surface area contributed by atoms with E-state index in [-0.39, 0.29) is 0 Å². The lowest BCUT2D eigenvalue weighted by atomic mass is 10.0. The number of rotatable bonds is 2. The topological polar surface area (TPSA) is 0 Å². The molecular formula is C12H15BrCl2S. The number of hydrogen-bond acceptors (Lipinski definition) is 1. The highest BCUT2D eigenvalue weighted by Crippen LogP contribution is 2.74. The lowest BCUT2D eigenvalue weighted by molar-refractivity contribution is 0.457.